The van der Waals surface area contributed by atoms with Gasteiger partial charge in [0.1, 0.15) is 0 Å². The van der Waals surface area contributed by atoms with E-state index in [0.29, 0.717) is 10.6 Å². The number of para-hydroxylation sites is 1. The van der Waals surface area contributed by atoms with E-state index < -0.39 is 6.04 Å². The fourth-order valence-electron chi connectivity index (χ4n) is 3.40. The molecular formula is C25H25ClN2O2. The molecule has 1 atom stereocenters. The summed E-state index contributed by atoms with van der Waals surface area (Å²) < 4.78 is 0. The van der Waals surface area contributed by atoms with Crippen molar-refractivity contribution in [1.29, 1.82) is 0 Å². The number of halogens is 1. The van der Waals surface area contributed by atoms with Crippen LogP contribution in [0.4, 0.5) is 5.69 Å². The average Bonchev–Trinajstić information content (AvgIpc) is 2.75. The summed E-state index contributed by atoms with van der Waals surface area (Å²) in [4.78, 5) is 25.7. The van der Waals surface area contributed by atoms with Crippen LogP contribution in [0.3, 0.4) is 0 Å². The first-order valence-electron chi connectivity index (χ1n) is 9.98. The molecule has 0 radical (unpaired) electrons. The van der Waals surface area contributed by atoms with Gasteiger partial charge in [0, 0.05) is 5.69 Å². The molecule has 0 aliphatic heterocycles. The van der Waals surface area contributed by atoms with Crippen molar-refractivity contribution in [2.75, 3.05) is 5.32 Å². The predicted octanol–water partition coefficient (Wildman–Crippen LogP) is 5.71. The maximum absolute atomic E-state index is 12.9. The molecule has 0 bridgehead atoms. The van der Waals surface area contributed by atoms with Crippen LogP contribution in [0, 0.1) is 6.92 Å². The zero-order chi connectivity index (χ0) is 21.5. The third kappa shape index (κ3) is 5.28. The maximum Gasteiger partial charge on any atom is 0.253 e. The number of rotatable bonds is 7. The van der Waals surface area contributed by atoms with Gasteiger partial charge in [-0.15, -0.1) is 0 Å². The molecule has 0 saturated carbocycles. The lowest BCUT2D eigenvalue weighted by Crippen LogP contribution is -2.32. The molecule has 2 N–H and O–H groups in total. The highest BCUT2D eigenvalue weighted by Gasteiger charge is 2.21. The van der Waals surface area contributed by atoms with E-state index in [1.807, 2.05) is 55.5 Å². The fraction of sp³-hybridized carbons (Fsp3) is 0.200. The van der Waals surface area contributed by atoms with Gasteiger partial charge in [0.05, 0.1) is 23.0 Å². The van der Waals surface area contributed by atoms with E-state index in [4.69, 9.17) is 11.6 Å². The van der Waals surface area contributed by atoms with Crippen LogP contribution >= 0.6 is 11.6 Å². The molecule has 2 amide bonds. The minimum Gasteiger partial charge on any atom is -0.345 e. The van der Waals surface area contributed by atoms with Crippen molar-refractivity contribution in [2.24, 2.45) is 0 Å². The minimum atomic E-state index is -0.482. The van der Waals surface area contributed by atoms with Gasteiger partial charge in [0.25, 0.3) is 5.91 Å². The first-order valence-corrected chi connectivity index (χ1v) is 10.4. The van der Waals surface area contributed by atoms with Crippen LogP contribution in [0.1, 0.15) is 46.4 Å². The van der Waals surface area contributed by atoms with Crippen molar-refractivity contribution in [3.8, 4) is 0 Å². The molecule has 30 heavy (non-hydrogen) atoms. The molecule has 154 valence electrons. The Morgan fingerprint density at radius 1 is 0.933 bits per heavy atom. The highest BCUT2D eigenvalue weighted by Crippen LogP contribution is 2.24. The third-order valence-corrected chi connectivity index (χ3v) is 5.35. The first kappa shape index (κ1) is 21.6. The Bertz CT molecular complexity index is 1030. The number of benzene rings is 3. The van der Waals surface area contributed by atoms with E-state index in [1.165, 1.54) is 0 Å². The summed E-state index contributed by atoms with van der Waals surface area (Å²) >= 11 is 6.17. The standard InChI is InChI=1S/C25H25ClN2O2/c1-3-18-13-9-10-17(2)24(18)28-23(29)16-22(19-11-5-4-6-12-19)27-25(30)20-14-7-8-15-21(20)26/h4-15,22H,3,16H2,1-2H3,(H,27,30)(H,28,29)/t22-/m1/s1. The number of amides is 2. The number of anilines is 1. The summed E-state index contributed by atoms with van der Waals surface area (Å²) in [7, 11) is 0. The van der Waals surface area contributed by atoms with Crippen LogP contribution in [-0.2, 0) is 11.2 Å². The van der Waals surface area contributed by atoms with Crippen LogP contribution < -0.4 is 10.6 Å². The lowest BCUT2D eigenvalue weighted by atomic mass is 10.0. The Hall–Kier alpha value is -3.11. The summed E-state index contributed by atoms with van der Waals surface area (Å²) in [5.74, 6) is -0.472. The highest BCUT2D eigenvalue weighted by atomic mass is 35.5. The van der Waals surface area contributed by atoms with Crippen molar-refractivity contribution < 1.29 is 9.59 Å². The van der Waals surface area contributed by atoms with E-state index in [2.05, 4.69) is 17.6 Å². The van der Waals surface area contributed by atoms with Gasteiger partial charge >= 0.3 is 0 Å². The molecule has 3 aromatic rings. The van der Waals surface area contributed by atoms with Crippen LogP contribution in [0.2, 0.25) is 5.02 Å². The molecule has 0 aliphatic rings. The Morgan fingerprint density at radius 2 is 1.63 bits per heavy atom. The Labute approximate surface area is 182 Å². The third-order valence-electron chi connectivity index (χ3n) is 5.02. The van der Waals surface area contributed by atoms with E-state index >= 15 is 0 Å². The summed E-state index contributed by atoms with van der Waals surface area (Å²) in [5, 5.41) is 6.38. The second kappa shape index (κ2) is 10.1. The van der Waals surface area contributed by atoms with Gasteiger partial charge in [0.2, 0.25) is 5.91 Å². The zero-order valence-corrected chi connectivity index (χ0v) is 17.9. The lowest BCUT2D eigenvalue weighted by Gasteiger charge is -2.20. The van der Waals surface area contributed by atoms with E-state index in [-0.39, 0.29) is 18.2 Å². The van der Waals surface area contributed by atoms with Gasteiger partial charge in [-0.3, -0.25) is 9.59 Å². The summed E-state index contributed by atoms with van der Waals surface area (Å²) in [6.07, 6.45) is 0.931. The molecule has 4 nitrogen and oxygen atoms in total. The largest absolute Gasteiger partial charge is 0.345 e. The topological polar surface area (TPSA) is 58.2 Å². The molecule has 0 aromatic heterocycles. The SMILES string of the molecule is CCc1cccc(C)c1NC(=O)C[C@@H](NC(=O)c1ccccc1Cl)c1ccccc1. The number of nitrogens with one attached hydrogen (secondary N) is 2. The molecule has 0 heterocycles. The Kier molecular flexibility index (Phi) is 7.26. The van der Waals surface area contributed by atoms with Crippen LogP contribution in [0.5, 0.6) is 0 Å². The van der Waals surface area contributed by atoms with Crippen molar-refractivity contribution >= 4 is 29.1 Å². The van der Waals surface area contributed by atoms with Gasteiger partial charge in [-0.1, -0.05) is 79.2 Å². The molecule has 3 aromatic carbocycles. The second-order valence-electron chi connectivity index (χ2n) is 7.13. The molecule has 5 heteroatoms. The minimum absolute atomic E-state index is 0.109. The van der Waals surface area contributed by atoms with Crippen molar-refractivity contribution in [3.05, 3.63) is 100 Å². The Balaban J connectivity index is 1.81. The van der Waals surface area contributed by atoms with Crippen molar-refractivity contribution in [2.45, 2.75) is 32.7 Å². The number of hydrogen-bond acceptors (Lipinski definition) is 2. The number of hydrogen-bond donors (Lipinski definition) is 2. The Morgan fingerprint density at radius 3 is 2.33 bits per heavy atom. The maximum atomic E-state index is 12.9. The molecule has 0 spiro atoms. The van der Waals surface area contributed by atoms with E-state index in [1.54, 1.807) is 24.3 Å². The van der Waals surface area contributed by atoms with Crippen LogP contribution in [0.15, 0.2) is 72.8 Å². The molecule has 0 aliphatic carbocycles. The lowest BCUT2D eigenvalue weighted by molar-refractivity contribution is -0.116. The van der Waals surface area contributed by atoms with Gasteiger partial charge in [-0.25, -0.2) is 0 Å². The quantitative estimate of drug-likeness (QED) is 0.514. The average molecular weight is 421 g/mol. The number of aryl methyl sites for hydroxylation is 2. The van der Waals surface area contributed by atoms with Crippen LogP contribution in [-0.4, -0.2) is 11.8 Å². The van der Waals surface area contributed by atoms with Crippen molar-refractivity contribution in [3.63, 3.8) is 0 Å². The molecule has 0 fully saturated rings. The molecule has 0 saturated heterocycles. The predicted molar refractivity (Wildman–Crippen MR) is 122 cm³/mol. The number of carbonyl (C=O) groups excluding carboxylic acids is 2. The van der Waals surface area contributed by atoms with Crippen molar-refractivity contribution in [1.82, 2.24) is 5.32 Å². The van der Waals surface area contributed by atoms with E-state index in [0.717, 1.165) is 28.8 Å². The summed E-state index contributed by atoms with van der Waals surface area (Å²) in [6, 6.07) is 21.8. The molecule has 0 unspecified atom stereocenters. The van der Waals surface area contributed by atoms with Gasteiger partial charge in [0.15, 0.2) is 0 Å². The van der Waals surface area contributed by atoms with E-state index in [9.17, 15) is 9.59 Å². The molecule has 3 rings (SSSR count). The normalized spacial score (nSPS) is 11.6. The second-order valence-corrected chi connectivity index (χ2v) is 7.54. The summed E-state index contributed by atoms with van der Waals surface area (Å²) in [6.45, 7) is 4.03. The number of carbonyl (C=O) groups is 2. The van der Waals surface area contributed by atoms with Gasteiger partial charge in [-0.05, 0) is 42.2 Å². The first-order chi connectivity index (χ1) is 14.5. The monoisotopic (exact) mass is 420 g/mol. The van der Waals surface area contributed by atoms with Crippen LogP contribution in [0.25, 0.3) is 0 Å². The fourth-order valence-corrected chi connectivity index (χ4v) is 3.62. The molecular weight excluding hydrogens is 396 g/mol. The smallest absolute Gasteiger partial charge is 0.253 e. The highest BCUT2D eigenvalue weighted by molar-refractivity contribution is 6.33. The van der Waals surface area contributed by atoms with Gasteiger partial charge < -0.3 is 10.6 Å². The van der Waals surface area contributed by atoms with Gasteiger partial charge in [-0.2, -0.15) is 0 Å². The zero-order valence-electron chi connectivity index (χ0n) is 17.1. The summed E-state index contributed by atoms with van der Waals surface area (Å²) in [5.41, 5.74) is 4.18.